The van der Waals surface area contributed by atoms with E-state index in [9.17, 15) is 23.6 Å². The van der Waals surface area contributed by atoms with Crippen LogP contribution in [0.15, 0.2) is 103 Å². The molecule has 3 aliphatic heterocycles. The number of piperazine rings is 1. The zero-order chi connectivity index (χ0) is 43.9. The molecule has 1 atom stereocenters. The minimum Gasteiger partial charge on any atom is -0.369 e. The zero-order valence-corrected chi connectivity index (χ0v) is 35.8. The fourth-order valence-electron chi connectivity index (χ4n) is 8.27. The van der Waals surface area contributed by atoms with Crippen molar-refractivity contribution in [3.63, 3.8) is 0 Å². The molecule has 5 aromatic rings. The van der Waals surface area contributed by atoms with Gasteiger partial charge in [-0.1, -0.05) is 35.9 Å². The molecule has 0 spiro atoms. The number of amides is 4. The first-order valence-electron chi connectivity index (χ1n) is 21.3. The highest BCUT2D eigenvalue weighted by Crippen LogP contribution is 2.29. The Bertz CT molecular complexity index is 2420. The molecule has 16 heteroatoms. The standard InChI is InChI=1S/C47H50ClFN10O4/c1-56(41-5-3-2-4-39(41)48)46(63)34-8-14-35(15-9-34)51-43-40(49)30-50-47(54-43)52-36-12-6-33(7-13-36)44(61)55-59-24-21-31(22-25-59)20-23-57-26-28-58(29-27-57)37-16-10-32(11-17-37)38-18-19-42(60)53-45(38)62/h2-17,30-31,38H,18-29H2,1H3,(H,55,61)(H,53,60,62)(H2,50,51,52,54). The molecule has 3 saturated heterocycles. The second-order valence-electron chi connectivity index (χ2n) is 16.2. The predicted octanol–water partition coefficient (Wildman–Crippen LogP) is 7.12. The van der Waals surface area contributed by atoms with Crippen LogP contribution in [0.1, 0.15) is 64.3 Å². The number of benzene rings is 4. The van der Waals surface area contributed by atoms with E-state index in [0.29, 0.717) is 52.0 Å². The Kier molecular flexibility index (Phi) is 13.5. The Labute approximate surface area is 370 Å². The summed E-state index contributed by atoms with van der Waals surface area (Å²) in [7, 11) is 1.65. The third-order valence-electron chi connectivity index (χ3n) is 12.1. The van der Waals surface area contributed by atoms with E-state index in [1.54, 1.807) is 73.8 Å². The number of piperidine rings is 2. The molecule has 4 heterocycles. The predicted molar refractivity (Wildman–Crippen MR) is 242 cm³/mol. The lowest BCUT2D eigenvalue weighted by atomic mass is 9.90. The number of para-hydroxylation sites is 1. The van der Waals surface area contributed by atoms with Gasteiger partial charge in [-0.2, -0.15) is 4.98 Å². The summed E-state index contributed by atoms with van der Waals surface area (Å²) >= 11 is 6.27. The van der Waals surface area contributed by atoms with E-state index < -0.39 is 5.82 Å². The normalized spacial score (nSPS) is 17.5. The number of hydrogen-bond acceptors (Lipinski definition) is 11. The molecule has 63 heavy (non-hydrogen) atoms. The molecule has 4 amide bonds. The first kappa shape index (κ1) is 43.2. The van der Waals surface area contributed by atoms with Gasteiger partial charge in [0, 0.05) is 80.9 Å². The van der Waals surface area contributed by atoms with Crippen LogP contribution in [-0.2, 0) is 9.59 Å². The lowest BCUT2D eigenvalue weighted by Crippen LogP contribution is -2.48. The van der Waals surface area contributed by atoms with Crippen LogP contribution in [0.25, 0.3) is 0 Å². The van der Waals surface area contributed by atoms with Crippen molar-refractivity contribution in [2.45, 2.75) is 38.0 Å². The van der Waals surface area contributed by atoms with Crippen LogP contribution in [0.5, 0.6) is 0 Å². The van der Waals surface area contributed by atoms with Gasteiger partial charge in [-0.05, 0) is 117 Å². The SMILES string of the molecule is CN(C(=O)c1ccc(Nc2nc(Nc3ccc(C(=O)NN4CCC(CCN5CCN(c6ccc(C7CCC(=O)NC7=O)cc6)CC5)CC4)cc3)ncc2F)cc1)c1ccccc1Cl. The fourth-order valence-corrected chi connectivity index (χ4v) is 8.54. The molecule has 0 saturated carbocycles. The van der Waals surface area contributed by atoms with Crippen LogP contribution < -0.4 is 31.2 Å². The summed E-state index contributed by atoms with van der Waals surface area (Å²) in [6.45, 7) is 6.54. The quantitative estimate of drug-likeness (QED) is 0.0895. The molecule has 1 unspecified atom stereocenters. The molecule has 0 radical (unpaired) electrons. The van der Waals surface area contributed by atoms with Crippen LogP contribution in [0, 0.1) is 11.7 Å². The molecule has 4 aromatic carbocycles. The highest BCUT2D eigenvalue weighted by molar-refractivity contribution is 6.34. The summed E-state index contributed by atoms with van der Waals surface area (Å²) < 4.78 is 14.8. The number of carbonyl (C=O) groups excluding carboxylic acids is 4. The summed E-state index contributed by atoms with van der Waals surface area (Å²) in [5.41, 5.74) is 7.85. The lowest BCUT2D eigenvalue weighted by molar-refractivity contribution is -0.134. The van der Waals surface area contributed by atoms with E-state index in [-0.39, 0.29) is 41.3 Å². The van der Waals surface area contributed by atoms with E-state index in [1.165, 1.54) is 4.90 Å². The molecule has 8 rings (SSSR count). The number of nitrogens with zero attached hydrogens (tertiary/aromatic N) is 6. The van der Waals surface area contributed by atoms with Crippen molar-refractivity contribution < 1.29 is 23.6 Å². The maximum atomic E-state index is 14.8. The third-order valence-corrected chi connectivity index (χ3v) is 12.4. The number of anilines is 6. The Morgan fingerprint density at radius 2 is 1.49 bits per heavy atom. The molecule has 3 aliphatic rings. The maximum Gasteiger partial charge on any atom is 0.265 e. The van der Waals surface area contributed by atoms with Crippen LogP contribution in [-0.4, -0.2) is 96.4 Å². The molecule has 0 bridgehead atoms. The van der Waals surface area contributed by atoms with Gasteiger partial charge in [0.1, 0.15) is 0 Å². The number of nitrogens with one attached hydrogen (secondary N) is 4. The number of aromatic nitrogens is 2. The summed E-state index contributed by atoms with van der Waals surface area (Å²) in [5.74, 6) is -1.03. The average molecular weight is 873 g/mol. The number of hydrogen-bond donors (Lipinski definition) is 4. The molecule has 326 valence electrons. The maximum absolute atomic E-state index is 14.8. The van der Waals surface area contributed by atoms with Crippen molar-refractivity contribution in [3.05, 3.63) is 131 Å². The van der Waals surface area contributed by atoms with Crippen molar-refractivity contribution in [3.8, 4) is 0 Å². The van der Waals surface area contributed by atoms with E-state index >= 15 is 0 Å². The second-order valence-corrected chi connectivity index (χ2v) is 16.6. The van der Waals surface area contributed by atoms with Gasteiger partial charge in [0.25, 0.3) is 11.8 Å². The molecule has 0 aliphatic carbocycles. The summed E-state index contributed by atoms with van der Waals surface area (Å²) in [5, 5.41) is 10.9. The molecular formula is C47H50ClFN10O4. The number of carbonyl (C=O) groups is 4. The van der Waals surface area contributed by atoms with E-state index in [2.05, 4.69) is 53.3 Å². The number of halogens is 2. The molecule has 1 aromatic heterocycles. The van der Waals surface area contributed by atoms with Gasteiger partial charge >= 0.3 is 0 Å². The Hall–Kier alpha value is -6.42. The van der Waals surface area contributed by atoms with Crippen LogP contribution in [0.3, 0.4) is 0 Å². The first-order chi connectivity index (χ1) is 30.6. The van der Waals surface area contributed by atoms with Crippen molar-refractivity contribution in [2.24, 2.45) is 5.92 Å². The van der Waals surface area contributed by atoms with Gasteiger partial charge < -0.3 is 20.4 Å². The Morgan fingerprint density at radius 1 is 0.825 bits per heavy atom. The largest absolute Gasteiger partial charge is 0.369 e. The molecule has 4 N–H and O–H groups in total. The Balaban J connectivity index is 0.744. The summed E-state index contributed by atoms with van der Waals surface area (Å²) in [6.07, 6.45) is 5.17. The first-order valence-corrected chi connectivity index (χ1v) is 21.7. The minimum absolute atomic E-state index is 0.0491. The van der Waals surface area contributed by atoms with Gasteiger partial charge in [0.2, 0.25) is 17.8 Å². The molecule has 3 fully saturated rings. The topological polar surface area (TPSA) is 155 Å². The average Bonchev–Trinajstić information content (AvgIpc) is 3.30. The number of imide groups is 1. The van der Waals surface area contributed by atoms with E-state index in [1.807, 2.05) is 23.2 Å². The van der Waals surface area contributed by atoms with Gasteiger partial charge in [-0.25, -0.2) is 14.4 Å². The van der Waals surface area contributed by atoms with Crippen LogP contribution in [0.2, 0.25) is 5.02 Å². The van der Waals surface area contributed by atoms with Crippen molar-refractivity contribution in [1.29, 1.82) is 0 Å². The second kappa shape index (κ2) is 19.7. The lowest BCUT2D eigenvalue weighted by Gasteiger charge is -2.37. The van der Waals surface area contributed by atoms with Gasteiger partial charge in [-0.15, -0.1) is 0 Å². The zero-order valence-electron chi connectivity index (χ0n) is 35.0. The van der Waals surface area contributed by atoms with Crippen molar-refractivity contribution in [2.75, 3.05) is 73.3 Å². The van der Waals surface area contributed by atoms with Crippen molar-refractivity contribution >= 4 is 69.7 Å². The van der Waals surface area contributed by atoms with Gasteiger partial charge in [0.05, 0.1) is 22.8 Å². The monoisotopic (exact) mass is 872 g/mol. The van der Waals surface area contributed by atoms with Gasteiger partial charge in [0.15, 0.2) is 11.6 Å². The smallest absolute Gasteiger partial charge is 0.265 e. The third kappa shape index (κ3) is 10.8. The van der Waals surface area contributed by atoms with Gasteiger partial charge in [-0.3, -0.25) is 34.8 Å². The van der Waals surface area contributed by atoms with Crippen molar-refractivity contribution in [1.82, 2.24) is 30.6 Å². The summed E-state index contributed by atoms with van der Waals surface area (Å²) in [4.78, 5) is 64.8. The van der Waals surface area contributed by atoms with E-state index in [0.717, 1.165) is 82.5 Å². The van der Waals surface area contributed by atoms with E-state index in [4.69, 9.17) is 11.6 Å². The highest BCUT2D eigenvalue weighted by atomic mass is 35.5. The molecular weight excluding hydrogens is 823 g/mol. The van der Waals surface area contributed by atoms with Crippen LogP contribution in [0.4, 0.5) is 38.9 Å². The fraction of sp³-hybridized carbons (Fsp3) is 0.319. The summed E-state index contributed by atoms with van der Waals surface area (Å²) in [6, 6.07) is 28.8. The molecule has 14 nitrogen and oxygen atoms in total. The Morgan fingerprint density at radius 3 is 2.17 bits per heavy atom. The van der Waals surface area contributed by atoms with Crippen LogP contribution >= 0.6 is 11.6 Å². The number of hydrazine groups is 1. The highest BCUT2D eigenvalue weighted by Gasteiger charge is 2.28. The number of rotatable bonds is 13. The minimum atomic E-state index is -0.653.